The molecule has 0 aliphatic rings. The number of nitrogen functional groups attached to an aromatic ring is 1. The molecule has 5 heteroatoms. The number of hydrogen-bond acceptors (Lipinski definition) is 5. The minimum atomic E-state index is -0.947. The van der Waals surface area contributed by atoms with Gasteiger partial charge in [0.2, 0.25) is 0 Å². The summed E-state index contributed by atoms with van der Waals surface area (Å²) in [6.45, 7) is 0. The Balaban J connectivity index is 2.73. The van der Waals surface area contributed by atoms with E-state index in [9.17, 15) is 9.59 Å². The summed E-state index contributed by atoms with van der Waals surface area (Å²) in [5.41, 5.74) is 11.9. The standard InChI is InChI=1S/C11H14N2O3/c1-16-11(15)9(13)6-10(14)7-4-2-3-5-8(7)12/h2-5,9H,6,12-13H2,1H3. The van der Waals surface area contributed by atoms with Crippen LogP contribution in [-0.4, -0.2) is 24.9 Å². The van der Waals surface area contributed by atoms with Crippen LogP contribution in [0.25, 0.3) is 0 Å². The van der Waals surface area contributed by atoms with E-state index in [4.69, 9.17) is 11.5 Å². The van der Waals surface area contributed by atoms with Crippen LogP contribution in [0.1, 0.15) is 16.8 Å². The minimum Gasteiger partial charge on any atom is -0.468 e. The third-order valence-corrected chi connectivity index (χ3v) is 2.17. The normalized spacial score (nSPS) is 11.9. The van der Waals surface area contributed by atoms with Crippen molar-refractivity contribution in [1.29, 1.82) is 0 Å². The number of ether oxygens (including phenoxy) is 1. The molecule has 4 N–H and O–H groups in total. The maximum absolute atomic E-state index is 11.7. The molecule has 0 fully saturated rings. The zero-order chi connectivity index (χ0) is 12.1. The predicted octanol–water partition coefficient (Wildman–Crippen LogP) is 0.342. The fourth-order valence-electron chi connectivity index (χ4n) is 1.30. The number of esters is 1. The van der Waals surface area contributed by atoms with Gasteiger partial charge in [0.1, 0.15) is 6.04 Å². The van der Waals surface area contributed by atoms with E-state index in [1.165, 1.54) is 7.11 Å². The Bertz CT molecular complexity index is 404. The molecule has 0 saturated carbocycles. The Morgan fingerprint density at radius 1 is 1.38 bits per heavy atom. The molecule has 5 nitrogen and oxygen atoms in total. The summed E-state index contributed by atoms with van der Waals surface area (Å²) in [6.07, 6.45) is -0.110. The summed E-state index contributed by atoms with van der Waals surface area (Å²) in [5, 5.41) is 0. The molecule has 1 atom stereocenters. The summed E-state index contributed by atoms with van der Waals surface area (Å²) < 4.78 is 4.43. The number of carbonyl (C=O) groups is 2. The third kappa shape index (κ3) is 2.80. The van der Waals surface area contributed by atoms with Gasteiger partial charge in [0, 0.05) is 17.7 Å². The molecule has 1 aromatic carbocycles. The van der Waals surface area contributed by atoms with E-state index in [0.29, 0.717) is 11.3 Å². The number of benzene rings is 1. The number of para-hydroxylation sites is 1. The number of Topliss-reactive ketones (excluding diaryl/α,β-unsaturated/α-hetero) is 1. The SMILES string of the molecule is COC(=O)C(N)CC(=O)c1ccccc1N. The fourth-order valence-corrected chi connectivity index (χ4v) is 1.30. The van der Waals surface area contributed by atoms with Crippen molar-refractivity contribution in [1.82, 2.24) is 0 Å². The van der Waals surface area contributed by atoms with E-state index < -0.39 is 12.0 Å². The summed E-state index contributed by atoms with van der Waals surface area (Å²) in [5.74, 6) is -0.876. The van der Waals surface area contributed by atoms with Gasteiger partial charge in [-0.2, -0.15) is 0 Å². The van der Waals surface area contributed by atoms with Gasteiger partial charge in [-0.25, -0.2) is 0 Å². The Morgan fingerprint density at radius 2 is 2.00 bits per heavy atom. The third-order valence-electron chi connectivity index (χ3n) is 2.17. The first kappa shape index (κ1) is 12.2. The molecule has 1 rings (SSSR count). The smallest absolute Gasteiger partial charge is 0.323 e. The summed E-state index contributed by atoms with van der Waals surface area (Å²) in [7, 11) is 1.23. The lowest BCUT2D eigenvalue weighted by Gasteiger charge is -2.09. The number of anilines is 1. The van der Waals surface area contributed by atoms with Crippen LogP contribution in [0.5, 0.6) is 0 Å². The highest BCUT2D eigenvalue weighted by Gasteiger charge is 2.19. The first-order valence-corrected chi connectivity index (χ1v) is 4.77. The lowest BCUT2D eigenvalue weighted by Crippen LogP contribution is -2.34. The van der Waals surface area contributed by atoms with Gasteiger partial charge < -0.3 is 16.2 Å². The van der Waals surface area contributed by atoms with Gasteiger partial charge in [0.25, 0.3) is 0 Å². The van der Waals surface area contributed by atoms with Crippen LogP contribution in [0.4, 0.5) is 5.69 Å². The Kier molecular flexibility index (Phi) is 4.02. The van der Waals surface area contributed by atoms with E-state index in [2.05, 4.69) is 4.74 Å². The first-order valence-electron chi connectivity index (χ1n) is 4.77. The van der Waals surface area contributed by atoms with Crippen molar-refractivity contribution < 1.29 is 14.3 Å². The van der Waals surface area contributed by atoms with Crippen LogP contribution in [-0.2, 0) is 9.53 Å². The van der Waals surface area contributed by atoms with E-state index >= 15 is 0 Å². The first-order chi connectivity index (χ1) is 7.56. The highest BCUT2D eigenvalue weighted by Crippen LogP contribution is 2.13. The van der Waals surface area contributed by atoms with Crippen LogP contribution >= 0.6 is 0 Å². The van der Waals surface area contributed by atoms with Crippen molar-refractivity contribution in [3.8, 4) is 0 Å². The van der Waals surface area contributed by atoms with Crippen molar-refractivity contribution in [2.24, 2.45) is 5.73 Å². The topological polar surface area (TPSA) is 95.4 Å². The zero-order valence-electron chi connectivity index (χ0n) is 8.97. The molecule has 0 amide bonds. The Hall–Kier alpha value is -1.88. The maximum Gasteiger partial charge on any atom is 0.323 e. The molecule has 0 radical (unpaired) electrons. The number of methoxy groups -OCH3 is 1. The largest absolute Gasteiger partial charge is 0.468 e. The number of ketones is 1. The van der Waals surface area contributed by atoms with Crippen molar-refractivity contribution in [2.75, 3.05) is 12.8 Å². The van der Waals surface area contributed by atoms with Crippen molar-refractivity contribution in [3.63, 3.8) is 0 Å². The highest BCUT2D eigenvalue weighted by molar-refractivity contribution is 6.02. The Labute approximate surface area is 93.4 Å². The fraction of sp³-hybridized carbons (Fsp3) is 0.273. The molecule has 0 aliphatic heterocycles. The van der Waals surface area contributed by atoms with E-state index in [1.54, 1.807) is 24.3 Å². The maximum atomic E-state index is 11.7. The van der Waals surface area contributed by atoms with Crippen LogP contribution in [0.2, 0.25) is 0 Å². The monoisotopic (exact) mass is 222 g/mol. The van der Waals surface area contributed by atoms with E-state index in [-0.39, 0.29) is 12.2 Å². The second-order valence-corrected chi connectivity index (χ2v) is 3.34. The van der Waals surface area contributed by atoms with Gasteiger partial charge in [-0.15, -0.1) is 0 Å². The molecule has 86 valence electrons. The molecule has 0 heterocycles. The molecule has 1 unspecified atom stereocenters. The molecular weight excluding hydrogens is 208 g/mol. The molecule has 1 aromatic rings. The molecule has 0 aromatic heterocycles. The molecule has 0 aliphatic carbocycles. The summed E-state index contributed by atoms with van der Waals surface area (Å²) in [6, 6.07) is 5.70. The summed E-state index contributed by atoms with van der Waals surface area (Å²) >= 11 is 0. The van der Waals surface area contributed by atoms with Crippen LogP contribution in [0.15, 0.2) is 24.3 Å². The van der Waals surface area contributed by atoms with Gasteiger partial charge >= 0.3 is 5.97 Å². The van der Waals surface area contributed by atoms with Crippen molar-refractivity contribution >= 4 is 17.4 Å². The van der Waals surface area contributed by atoms with Crippen molar-refractivity contribution in [3.05, 3.63) is 29.8 Å². The number of nitrogens with two attached hydrogens (primary N) is 2. The predicted molar refractivity (Wildman–Crippen MR) is 59.8 cm³/mol. The lowest BCUT2D eigenvalue weighted by molar-refractivity contribution is -0.142. The highest BCUT2D eigenvalue weighted by atomic mass is 16.5. The molecule has 0 bridgehead atoms. The zero-order valence-corrected chi connectivity index (χ0v) is 8.97. The molecular formula is C11H14N2O3. The molecule has 16 heavy (non-hydrogen) atoms. The van der Waals surface area contributed by atoms with Gasteiger partial charge in [-0.1, -0.05) is 12.1 Å². The molecule has 0 spiro atoms. The van der Waals surface area contributed by atoms with Gasteiger partial charge in [-0.05, 0) is 12.1 Å². The second kappa shape index (κ2) is 5.27. The minimum absolute atomic E-state index is 0.110. The quantitative estimate of drug-likeness (QED) is 0.435. The second-order valence-electron chi connectivity index (χ2n) is 3.34. The van der Waals surface area contributed by atoms with Gasteiger partial charge in [-0.3, -0.25) is 9.59 Å². The average Bonchev–Trinajstić information content (AvgIpc) is 2.28. The van der Waals surface area contributed by atoms with Gasteiger partial charge in [0.15, 0.2) is 5.78 Å². The summed E-state index contributed by atoms with van der Waals surface area (Å²) in [4.78, 5) is 22.8. The van der Waals surface area contributed by atoms with Crippen LogP contribution < -0.4 is 11.5 Å². The van der Waals surface area contributed by atoms with Crippen molar-refractivity contribution in [2.45, 2.75) is 12.5 Å². The molecule has 0 saturated heterocycles. The van der Waals surface area contributed by atoms with E-state index in [0.717, 1.165) is 0 Å². The number of rotatable bonds is 4. The average molecular weight is 222 g/mol. The van der Waals surface area contributed by atoms with Crippen LogP contribution in [0, 0.1) is 0 Å². The Morgan fingerprint density at radius 3 is 2.56 bits per heavy atom. The van der Waals surface area contributed by atoms with Crippen LogP contribution in [0.3, 0.4) is 0 Å². The van der Waals surface area contributed by atoms with E-state index in [1.807, 2.05) is 0 Å². The number of carbonyl (C=O) groups excluding carboxylic acids is 2. The van der Waals surface area contributed by atoms with Gasteiger partial charge in [0.05, 0.1) is 7.11 Å². The lowest BCUT2D eigenvalue weighted by atomic mass is 10.0. The number of hydrogen-bond donors (Lipinski definition) is 2.